The molecule has 0 bridgehead atoms. The second kappa shape index (κ2) is 5.82. The molecule has 1 fully saturated rings. The van der Waals surface area contributed by atoms with Crippen LogP contribution in [0.1, 0.15) is 26.2 Å². The van der Waals surface area contributed by atoms with Crippen LogP contribution < -0.4 is 16.0 Å². The molecule has 94 valence electrons. The quantitative estimate of drug-likeness (QED) is 0.821. The van der Waals surface area contributed by atoms with E-state index in [1.165, 1.54) is 12.8 Å². The third-order valence-corrected chi connectivity index (χ3v) is 3.20. The molecule has 0 saturated carbocycles. The number of hydrogen-bond acceptors (Lipinski definition) is 5. The summed E-state index contributed by atoms with van der Waals surface area (Å²) in [7, 11) is 0. The maximum atomic E-state index is 5.83. The molecule has 0 amide bonds. The molecule has 0 radical (unpaired) electrons. The van der Waals surface area contributed by atoms with Gasteiger partial charge in [-0.2, -0.15) is 0 Å². The first kappa shape index (κ1) is 12.1. The van der Waals surface area contributed by atoms with Gasteiger partial charge in [0.25, 0.3) is 0 Å². The van der Waals surface area contributed by atoms with Crippen molar-refractivity contribution in [1.82, 2.24) is 9.97 Å². The lowest BCUT2D eigenvalue weighted by Crippen LogP contribution is -2.44. The number of rotatable bonds is 4. The van der Waals surface area contributed by atoms with E-state index in [-0.39, 0.29) is 0 Å². The van der Waals surface area contributed by atoms with E-state index in [9.17, 15) is 0 Å². The number of nitrogens with one attached hydrogen (secondary N) is 1. The molecule has 1 aromatic rings. The average Bonchev–Trinajstić information content (AvgIpc) is 2.39. The monoisotopic (exact) mass is 235 g/mol. The zero-order valence-corrected chi connectivity index (χ0v) is 10.4. The molecule has 1 aliphatic heterocycles. The van der Waals surface area contributed by atoms with Crippen molar-refractivity contribution in [1.29, 1.82) is 0 Å². The number of aromatic nitrogens is 2. The van der Waals surface area contributed by atoms with Gasteiger partial charge in [-0.3, -0.25) is 0 Å². The first-order chi connectivity index (χ1) is 8.35. The van der Waals surface area contributed by atoms with E-state index in [2.05, 4.69) is 27.1 Å². The molecule has 5 nitrogen and oxygen atoms in total. The fourth-order valence-corrected chi connectivity index (χ4v) is 2.33. The summed E-state index contributed by atoms with van der Waals surface area (Å²) in [4.78, 5) is 10.9. The van der Waals surface area contributed by atoms with E-state index in [0.29, 0.717) is 12.6 Å². The predicted octanol–water partition coefficient (Wildman–Crippen LogP) is 1.23. The van der Waals surface area contributed by atoms with E-state index < -0.39 is 0 Å². The SMILES string of the molecule is CCNc1cc(N2CCCCC2CN)ncn1. The van der Waals surface area contributed by atoms with Crippen LogP contribution in [0.15, 0.2) is 12.4 Å². The largest absolute Gasteiger partial charge is 0.370 e. The minimum absolute atomic E-state index is 0.424. The van der Waals surface area contributed by atoms with Crippen molar-refractivity contribution >= 4 is 11.6 Å². The molecule has 3 N–H and O–H groups in total. The van der Waals surface area contributed by atoms with Crippen LogP contribution in [0, 0.1) is 0 Å². The normalized spacial score (nSPS) is 20.4. The van der Waals surface area contributed by atoms with Crippen LogP contribution in [0.3, 0.4) is 0 Å². The van der Waals surface area contributed by atoms with Crippen molar-refractivity contribution in [3.63, 3.8) is 0 Å². The van der Waals surface area contributed by atoms with Gasteiger partial charge in [-0.1, -0.05) is 0 Å². The van der Waals surface area contributed by atoms with Crippen LogP contribution in [-0.2, 0) is 0 Å². The second-order valence-corrected chi connectivity index (χ2v) is 4.37. The minimum Gasteiger partial charge on any atom is -0.370 e. The van der Waals surface area contributed by atoms with Crippen LogP contribution in [-0.4, -0.2) is 35.6 Å². The zero-order chi connectivity index (χ0) is 12.1. The molecule has 0 spiro atoms. The molecule has 0 aromatic carbocycles. The topological polar surface area (TPSA) is 67.1 Å². The van der Waals surface area contributed by atoms with Crippen molar-refractivity contribution in [2.75, 3.05) is 29.9 Å². The molecule has 1 unspecified atom stereocenters. The molecular weight excluding hydrogens is 214 g/mol. The van der Waals surface area contributed by atoms with Gasteiger partial charge in [-0.05, 0) is 26.2 Å². The lowest BCUT2D eigenvalue weighted by molar-refractivity contribution is 0.462. The first-order valence-electron chi connectivity index (χ1n) is 6.37. The maximum Gasteiger partial charge on any atom is 0.134 e. The maximum absolute atomic E-state index is 5.83. The first-order valence-corrected chi connectivity index (χ1v) is 6.37. The molecule has 1 aromatic heterocycles. The highest BCUT2D eigenvalue weighted by molar-refractivity contribution is 5.49. The molecule has 2 heterocycles. The van der Waals surface area contributed by atoms with E-state index in [1.54, 1.807) is 6.33 Å². The highest BCUT2D eigenvalue weighted by Crippen LogP contribution is 2.23. The third-order valence-electron chi connectivity index (χ3n) is 3.20. The summed E-state index contributed by atoms with van der Waals surface area (Å²) < 4.78 is 0. The number of nitrogens with two attached hydrogens (primary N) is 1. The van der Waals surface area contributed by atoms with Gasteiger partial charge in [0.15, 0.2) is 0 Å². The highest BCUT2D eigenvalue weighted by atomic mass is 15.2. The molecule has 2 rings (SSSR count). The van der Waals surface area contributed by atoms with Crippen molar-refractivity contribution in [3.05, 3.63) is 12.4 Å². The Morgan fingerprint density at radius 1 is 1.47 bits per heavy atom. The fraction of sp³-hybridized carbons (Fsp3) is 0.667. The summed E-state index contributed by atoms with van der Waals surface area (Å²) in [5.74, 6) is 1.88. The lowest BCUT2D eigenvalue weighted by atomic mass is 10.0. The Hall–Kier alpha value is -1.36. The van der Waals surface area contributed by atoms with E-state index in [1.807, 2.05) is 6.07 Å². The molecular formula is C12H21N5. The average molecular weight is 235 g/mol. The molecule has 17 heavy (non-hydrogen) atoms. The van der Waals surface area contributed by atoms with Gasteiger partial charge in [0.2, 0.25) is 0 Å². The summed E-state index contributed by atoms with van der Waals surface area (Å²) in [6, 6.07) is 2.44. The molecule has 1 saturated heterocycles. The van der Waals surface area contributed by atoms with Crippen molar-refractivity contribution in [2.45, 2.75) is 32.2 Å². The summed E-state index contributed by atoms with van der Waals surface area (Å²) >= 11 is 0. The van der Waals surface area contributed by atoms with Gasteiger partial charge >= 0.3 is 0 Å². The third kappa shape index (κ3) is 2.85. The van der Waals surface area contributed by atoms with Gasteiger partial charge in [0, 0.05) is 31.7 Å². The summed E-state index contributed by atoms with van der Waals surface area (Å²) in [5.41, 5.74) is 5.83. The summed E-state index contributed by atoms with van der Waals surface area (Å²) in [6.45, 7) is 4.67. The number of hydrogen-bond donors (Lipinski definition) is 2. The number of anilines is 2. The van der Waals surface area contributed by atoms with Gasteiger partial charge in [0.1, 0.15) is 18.0 Å². The van der Waals surface area contributed by atoms with Gasteiger partial charge < -0.3 is 16.0 Å². The van der Waals surface area contributed by atoms with E-state index in [0.717, 1.165) is 31.1 Å². The van der Waals surface area contributed by atoms with Crippen LogP contribution in [0.5, 0.6) is 0 Å². The smallest absolute Gasteiger partial charge is 0.134 e. The Morgan fingerprint density at radius 2 is 2.35 bits per heavy atom. The molecule has 5 heteroatoms. The van der Waals surface area contributed by atoms with Gasteiger partial charge in [-0.25, -0.2) is 9.97 Å². The Kier molecular flexibility index (Phi) is 4.14. The van der Waals surface area contributed by atoms with Crippen molar-refractivity contribution in [3.8, 4) is 0 Å². The summed E-state index contributed by atoms with van der Waals surface area (Å²) in [6.07, 6.45) is 5.27. The van der Waals surface area contributed by atoms with Gasteiger partial charge in [0.05, 0.1) is 0 Å². The second-order valence-electron chi connectivity index (χ2n) is 4.37. The van der Waals surface area contributed by atoms with Crippen LogP contribution >= 0.6 is 0 Å². The van der Waals surface area contributed by atoms with Gasteiger partial charge in [-0.15, -0.1) is 0 Å². The van der Waals surface area contributed by atoms with Crippen LogP contribution in [0.4, 0.5) is 11.6 Å². The lowest BCUT2D eigenvalue weighted by Gasteiger charge is -2.36. The fourth-order valence-electron chi connectivity index (χ4n) is 2.33. The van der Waals surface area contributed by atoms with Crippen molar-refractivity contribution in [2.24, 2.45) is 5.73 Å². The number of nitrogens with zero attached hydrogens (tertiary/aromatic N) is 3. The molecule has 1 atom stereocenters. The van der Waals surface area contributed by atoms with E-state index in [4.69, 9.17) is 5.73 Å². The predicted molar refractivity (Wildman–Crippen MR) is 70.2 cm³/mol. The minimum atomic E-state index is 0.424. The molecule has 1 aliphatic rings. The van der Waals surface area contributed by atoms with Crippen LogP contribution in [0.2, 0.25) is 0 Å². The number of piperidine rings is 1. The molecule has 0 aliphatic carbocycles. The Labute approximate surface area is 102 Å². The standard InChI is InChI=1S/C12H21N5/c1-2-14-11-7-12(16-9-15-11)17-6-4-3-5-10(17)8-13/h7,9-10H,2-6,8,13H2,1H3,(H,14,15,16). The Bertz CT molecular complexity index is 355. The Morgan fingerprint density at radius 3 is 3.12 bits per heavy atom. The zero-order valence-electron chi connectivity index (χ0n) is 10.4. The highest BCUT2D eigenvalue weighted by Gasteiger charge is 2.22. The van der Waals surface area contributed by atoms with Crippen LogP contribution in [0.25, 0.3) is 0 Å². The van der Waals surface area contributed by atoms with Crippen molar-refractivity contribution < 1.29 is 0 Å². The summed E-state index contributed by atoms with van der Waals surface area (Å²) in [5, 5.41) is 3.21. The Balaban J connectivity index is 2.16. The van der Waals surface area contributed by atoms with E-state index >= 15 is 0 Å².